The minimum Gasteiger partial charge on any atom is -0.247 e. The molecule has 0 spiro atoms. The molecule has 0 atom stereocenters. The van der Waals surface area contributed by atoms with Gasteiger partial charge in [-0.05, 0) is 104 Å². The summed E-state index contributed by atoms with van der Waals surface area (Å²) in [5.74, 6) is 0. The van der Waals surface area contributed by atoms with E-state index in [0.717, 1.165) is 24.2 Å². The minimum absolute atomic E-state index is 0.620. The Labute approximate surface area is 232 Å². The Balaban J connectivity index is 0.000000212. The Bertz CT molecular complexity index is 1350. The van der Waals surface area contributed by atoms with E-state index in [1.165, 1.54) is 38.4 Å². The SMILES string of the molecule is CSC(CCc1ccccc1)=Nc1cc(C)cc(C)c1.Cc1cc(C)cc(N=C=NCc2ccccc2)c1. The smallest absolute Gasteiger partial charge is 0.0952 e. The van der Waals surface area contributed by atoms with Gasteiger partial charge >= 0.3 is 0 Å². The summed E-state index contributed by atoms with van der Waals surface area (Å²) in [6.07, 6.45) is 4.15. The quantitative estimate of drug-likeness (QED) is 0.177. The molecule has 0 aliphatic rings. The normalized spacial score (nSPS) is 10.7. The largest absolute Gasteiger partial charge is 0.247 e. The van der Waals surface area contributed by atoms with Crippen LogP contribution in [0, 0.1) is 27.7 Å². The average Bonchev–Trinajstić information content (AvgIpc) is 2.89. The molecule has 0 saturated carbocycles. The second-order valence-electron chi connectivity index (χ2n) is 9.40. The van der Waals surface area contributed by atoms with Crippen molar-refractivity contribution < 1.29 is 0 Å². The van der Waals surface area contributed by atoms with Crippen LogP contribution in [0.25, 0.3) is 0 Å². The molecule has 0 saturated heterocycles. The Morgan fingerprint density at radius 1 is 0.658 bits per heavy atom. The summed E-state index contributed by atoms with van der Waals surface area (Å²) in [7, 11) is 0. The van der Waals surface area contributed by atoms with Gasteiger partial charge in [-0.1, -0.05) is 72.8 Å². The average molecular weight is 520 g/mol. The third kappa shape index (κ3) is 10.7. The molecule has 0 heterocycles. The molecule has 0 fully saturated rings. The van der Waals surface area contributed by atoms with E-state index in [1.54, 1.807) is 11.8 Å². The van der Waals surface area contributed by atoms with E-state index >= 15 is 0 Å². The molecule has 0 aliphatic carbocycles. The number of thioether (sulfide) groups is 1. The summed E-state index contributed by atoms with van der Waals surface area (Å²) in [5.41, 5.74) is 9.47. The van der Waals surface area contributed by atoms with Crippen LogP contribution in [0.3, 0.4) is 0 Å². The van der Waals surface area contributed by atoms with E-state index in [0.29, 0.717) is 6.54 Å². The van der Waals surface area contributed by atoms with E-state index in [4.69, 9.17) is 4.99 Å². The van der Waals surface area contributed by atoms with Crippen molar-refractivity contribution in [3.8, 4) is 0 Å². The first kappa shape index (κ1) is 28.8. The molecule has 0 N–H and O–H groups in total. The van der Waals surface area contributed by atoms with Crippen molar-refractivity contribution in [2.45, 2.75) is 47.1 Å². The third-order valence-corrected chi connectivity index (χ3v) is 6.49. The van der Waals surface area contributed by atoms with Crippen molar-refractivity contribution in [1.82, 2.24) is 0 Å². The molecule has 4 aromatic carbocycles. The molecule has 38 heavy (non-hydrogen) atoms. The van der Waals surface area contributed by atoms with Crippen molar-refractivity contribution >= 4 is 34.2 Å². The number of aryl methyl sites for hydroxylation is 5. The molecule has 0 bridgehead atoms. The van der Waals surface area contributed by atoms with Crippen LogP contribution in [0.1, 0.15) is 39.8 Å². The topological polar surface area (TPSA) is 37.1 Å². The van der Waals surface area contributed by atoms with Gasteiger partial charge < -0.3 is 0 Å². The molecule has 0 aliphatic heterocycles. The minimum atomic E-state index is 0.620. The van der Waals surface area contributed by atoms with Gasteiger partial charge in [0.05, 0.1) is 29.0 Å². The Hall–Kier alpha value is -3.72. The number of nitrogens with zero attached hydrogens (tertiary/aromatic N) is 3. The van der Waals surface area contributed by atoms with Gasteiger partial charge in [0.25, 0.3) is 0 Å². The Morgan fingerprint density at radius 3 is 1.68 bits per heavy atom. The number of aliphatic imine (C=N–C) groups is 3. The second kappa shape index (κ2) is 15.5. The monoisotopic (exact) mass is 519 g/mol. The third-order valence-electron chi connectivity index (χ3n) is 5.73. The molecule has 4 aromatic rings. The van der Waals surface area contributed by atoms with Crippen LogP contribution in [0.4, 0.5) is 11.4 Å². The lowest BCUT2D eigenvalue weighted by Crippen LogP contribution is -1.95. The van der Waals surface area contributed by atoms with Crippen molar-refractivity contribution in [2.75, 3.05) is 6.26 Å². The van der Waals surface area contributed by atoms with Crippen molar-refractivity contribution in [1.29, 1.82) is 0 Å². The molecule has 0 amide bonds. The molecule has 4 rings (SSSR count). The maximum absolute atomic E-state index is 4.79. The van der Waals surface area contributed by atoms with Crippen LogP contribution < -0.4 is 0 Å². The molecule has 3 nitrogen and oxygen atoms in total. The van der Waals surface area contributed by atoms with Crippen LogP contribution >= 0.6 is 11.8 Å². The highest BCUT2D eigenvalue weighted by molar-refractivity contribution is 8.13. The highest BCUT2D eigenvalue weighted by atomic mass is 32.2. The van der Waals surface area contributed by atoms with Crippen LogP contribution in [0.5, 0.6) is 0 Å². The standard InChI is InChI=1S/C18H21NS.C16H16N2/c1-14-11-15(2)13-17(12-14)19-18(20-3)10-9-16-7-5-4-6-8-16;1-13-8-14(2)10-16(9-13)18-12-17-11-15-6-4-3-5-7-15/h4-8,11-13H,9-10H2,1-3H3;3-10H,11H2,1-2H3. The maximum Gasteiger partial charge on any atom is 0.0952 e. The van der Waals surface area contributed by atoms with Gasteiger partial charge in [-0.3, -0.25) is 0 Å². The summed E-state index contributed by atoms with van der Waals surface area (Å²) < 4.78 is 0. The van der Waals surface area contributed by atoms with Crippen molar-refractivity contribution in [2.24, 2.45) is 15.0 Å². The zero-order valence-electron chi connectivity index (χ0n) is 23.1. The fourth-order valence-corrected chi connectivity index (χ4v) is 4.58. The highest BCUT2D eigenvalue weighted by Crippen LogP contribution is 2.21. The first-order chi connectivity index (χ1) is 18.4. The zero-order valence-corrected chi connectivity index (χ0v) is 23.9. The number of hydrogen-bond donors (Lipinski definition) is 0. The van der Waals surface area contributed by atoms with Crippen LogP contribution in [-0.2, 0) is 13.0 Å². The van der Waals surface area contributed by atoms with Gasteiger partial charge in [-0.15, -0.1) is 11.8 Å². The lowest BCUT2D eigenvalue weighted by molar-refractivity contribution is 1.05. The van der Waals surface area contributed by atoms with Gasteiger partial charge in [0.15, 0.2) is 0 Å². The summed E-state index contributed by atoms with van der Waals surface area (Å²) >= 11 is 1.75. The van der Waals surface area contributed by atoms with Crippen LogP contribution in [-0.4, -0.2) is 17.3 Å². The predicted octanol–water partition coefficient (Wildman–Crippen LogP) is 9.64. The second-order valence-corrected chi connectivity index (χ2v) is 10.3. The molecule has 0 aromatic heterocycles. The number of rotatable bonds is 7. The van der Waals surface area contributed by atoms with Gasteiger partial charge in [0, 0.05) is 0 Å². The summed E-state index contributed by atoms with van der Waals surface area (Å²) in [5, 5.41) is 1.19. The van der Waals surface area contributed by atoms with Gasteiger partial charge in [0.1, 0.15) is 0 Å². The van der Waals surface area contributed by atoms with Crippen LogP contribution in [0.15, 0.2) is 112 Å². The maximum atomic E-state index is 4.79. The lowest BCUT2D eigenvalue weighted by atomic mass is 10.1. The Kier molecular flexibility index (Phi) is 11.8. The molecule has 0 unspecified atom stereocenters. The predicted molar refractivity (Wildman–Crippen MR) is 167 cm³/mol. The molecule has 0 radical (unpaired) electrons. The summed E-state index contributed by atoms with van der Waals surface area (Å²) in [6.45, 7) is 8.99. The van der Waals surface area contributed by atoms with Gasteiger partial charge in [-0.25, -0.2) is 9.98 Å². The summed E-state index contributed by atoms with van der Waals surface area (Å²) in [6, 6.07) is 36.1. The molecule has 4 heteroatoms. The van der Waals surface area contributed by atoms with E-state index in [1.807, 2.05) is 42.5 Å². The Morgan fingerprint density at radius 2 is 1.16 bits per heavy atom. The van der Waals surface area contributed by atoms with Gasteiger partial charge in [0.2, 0.25) is 0 Å². The highest BCUT2D eigenvalue weighted by Gasteiger charge is 2.01. The van der Waals surface area contributed by atoms with Crippen LogP contribution in [0.2, 0.25) is 0 Å². The molecular formula is C34H37N3S. The van der Waals surface area contributed by atoms with E-state index in [-0.39, 0.29) is 0 Å². The zero-order chi connectivity index (χ0) is 27.2. The summed E-state index contributed by atoms with van der Waals surface area (Å²) in [4.78, 5) is 13.2. The van der Waals surface area contributed by atoms with E-state index < -0.39 is 0 Å². The lowest BCUT2D eigenvalue weighted by Gasteiger charge is -2.05. The number of benzene rings is 4. The van der Waals surface area contributed by atoms with E-state index in [9.17, 15) is 0 Å². The first-order valence-electron chi connectivity index (χ1n) is 12.9. The number of hydrogen-bond acceptors (Lipinski definition) is 4. The fraction of sp³-hybridized carbons (Fsp3) is 0.235. The van der Waals surface area contributed by atoms with E-state index in [2.05, 4.69) is 105 Å². The van der Waals surface area contributed by atoms with Crippen molar-refractivity contribution in [3.05, 3.63) is 130 Å². The molecule has 194 valence electrons. The van der Waals surface area contributed by atoms with Crippen molar-refractivity contribution in [3.63, 3.8) is 0 Å². The van der Waals surface area contributed by atoms with Gasteiger partial charge in [-0.2, -0.15) is 4.99 Å². The fourth-order valence-electron chi connectivity index (χ4n) is 4.08. The first-order valence-corrected chi connectivity index (χ1v) is 14.1. The molecular weight excluding hydrogens is 482 g/mol.